The molecule has 2 N–H and O–H groups in total. The van der Waals surface area contributed by atoms with E-state index in [-0.39, 0.29) is 12.4 Å². The van der Waals surface area contributed by atoms with E-state index < -0.39 is 0 Å². The predicted octanol–water partition coefficient (Wildman–Crippen LogP) is 1.80. The largest absolute Gasteiger partial charge is 0.375 e. The molecule has 5 heteroatoms. The van der Waals surface area contributed by atoms with Gasteiger partial charge in [0.15, 0.2) is 5.13 Å². The third-order valence-electron chi connectivity index (χ3n) is 0.494. The van der Waals surface area contributed by atoms with E-state index in [9.17, 15) is 0 Å². The second-order valence-electron chi connectivity index (χ2n) is 1.01. The van der Waals surface area contributed by atoms with Crippen molar-refractivity contribution in [2.24, 2.45) is 0 Å². The number of rotatable bonds is 0. The molecule has 0 radical (unpaired) electrons. The number of hydrogen-bond donors (Lipinski definition) is 1. The smallest absolute Gasteiger partial charge is 0.181 e. The molecule has 1 heterocycles. The van der Waals surface area contributed by atoms with Crippen molar-refractivity contribution in [3.63, 3.8) is 0 Å². The summed E-state index contributed by atoms with van der Waals surface area (Å²) in [5.41, 5.74) is 5.20. The molecule has 0 atom stereocenters. The van der Waals surface area contributed by atoms with Gasteiger partial charge in [0.2, 0.25) is 0 Å². The van der Waals surface area contributed by atoms with Gasteiger partial charge in [-0.1, -0.05) is 11.6 Å². The lowest BCUT2D eigenvalue weighted by molar-refractivity contribution is 1.43. The van der Waals surface area contributed by atoms with E-state index in [0.29, 0.717) is 10.3 Å². The van der Waals surface area contributed by atoms with Crippen LogP contribution in [-0.4, -0.2) is 4.98 Å². The SMILES string of the molecule is Cl.Nc1nc(Cl)cs1. The molecule has 1 rings (SSSR count). The molecule has 0 saturated heterocycles. The number of hydrogen-bond acceptors (Lipinski definition) is 3. The first-order valence-electron chi connectivity index (χ1n) is 1.65. The van der Waals surface area contributed by atoms with Crippen molar-refractivity contribution < 1.29 is 0 Å². The van der Waals surface area contributed by atoms with E-state index in [1.54, 1.807) is 5.38 Å². The van der Waals surface area contributed by atoms with Gasteiger partial charge >= 0.3 is 0 Å². The van der Waals surface area contributed by atoms with Gasteiger partial charge < -0.3 is 5.73 Å². The average molecular weight is 171 g/mol. The molecule has 0 unspecified atom stereocenters. The normalized spacial score (nSPS) is 8.12. The lowest BCUT2D eigenvalue weighted by atomic mass is 11.0. The molecule has 0 aliphatic rings. The second kappa shape index (κ2) is 3.12. The van der Waals surface area contributed by atoms with Crippen molar-refractivity contribution in [3.8, 4) is 0 Å². The van der Waals surface area contributed by atoms with Gasteiger partial charge in [0.05, 0.1) is 0 Å². The van der Waals surface area contributed by atoms with Crippen LogP contribution in [0.2, 0.25) is 5.15 Å². The number of nitrogen functional groups attached to an aromatic ring is 1. The van der Waals surface area contributed by atoms with Crippen LogP contribution in [0.4, 0.5) is 5.13 Å². The highest BCUT2D eigenvalue weighted by molar-refractivity contribution is 7.13. The number of halogens is 2. The number of thiazole rings is 1. The van der Waals surface area contributed by atoms with E-state index in [4.69, 9.17) is 17.3 Å². The first-order chi connectivity index (χ1) is 3.29. The number of aromatic nitrogens is 1. The number of anilines is 1. The Hall–Kier alpha value is 0.01000. The van der Waals surface area contributed by atoms with Gasteiger partial charge in [-0.25, -0.2) is 4.98 Å². The highest BCUT2D eigenvalue weighted by Gasteiger charge is 1.89. The van der Waals surface area contributed by atoms with Gasteiger partial charge in [0.25, 0.3) is 0 Å². The van der Waals surface area contributed by atoms with Gasteiger partial charge in [-0.15, -0.1) is 23.7 Å². The molecule has 0 aliphatic heterocycles. The average Bonchev–Trinajstić information content (AvgIpc) is 1.87. The molecular formula is C3H4Cl2N2S. The zero-order chi connectivity index (χ0) is 5.28. The molecule has 46 valence electrons. The third kappa shape index (κ3) is 1.86. The van der Waals surface area contributed by atoms with E-state index in [1.165, 1.54) is 11.3 Å². The van der Waals surface area contributed by atoms with Crippen LogP contribution in [0.15, 0.2) is 5.38 Å². The van der Waals surface area contributed by atoms with Crippen LogP contribution in [0.25, 0.3) is 0 Å². The van der Waals surface area contributed by atoms with E-state index in [2.05, 4.69) is 4.98 Å². The van der Waals surface area contributed by atoms with Crippen LogP contribution in [0.1, 0.15) is 0 Å². The lowest BCUT2D eigenvalue weighted by Gasteiger charge is -1.70. The van der Waals surface area contributed by atoms with Crippen LogP contribution in [-0.2, 0) is 0 Å². The molecule has 0 aromatic carbocycles. The van der Waals surface area contributed by atoms with Crippen molar-refractivity contribution in [1.82, 2.24) is 4.98 Å². The summed E-state index contributed by atoms with van der Waals surface area (Å²) in [4.78, 5) is 3.67. The van der Waals surface area contributed by atoms with E-state index in [0.717, 1.165) is 0 Å². The van der Waals surface area contributed by atoms with Crippen molar-refractivity contribution in [2.75, 3.05) is 5.73 Å². The fourth-order valence-electron chi connectivity index (χ4n) is 0.267. The maximum Gasteiger partial charge on any atom is 0.181 e. The van der Waals surface area contributed by atoms with Crippen LogP contribution in [0, 0.1) is 0 Å². The first-order valence-corrected chi connectivity index (χ1v) is 2.91. The Morgan fingerprint density at radius 1 is 1.75 bits per heavy atom. The molecule has 0 bridgehead atoms. The van der Waals surface area contributed by atoms with Crippen molar-refractivity contribution in [3.05, 3.63) is 10.5 Å². The van der Waals surface area contributed by atoms with Gasteiger partial charge in [0, 0.05) is 5.38 Å². The summed E-state index contributed by atoms with van der Waals surface area (Å²) in [5, 5.41) is 2.68. The zero-order valence-corrected chi connectivity index (χ0v) is 6.19. The molecule has 2 nitrogen and oxygen atoms in total. The molecular weight excluding hydrogens is 167 g/mol. The summed E-state index contributed by atoms with van der Waals surface area (Å²) in [6.45, 7) is 0. The quantitative estimate of drug-likeness (QED) is 0.646. The Bertz CT molecular complexity index is 148. The van der Waals surface area contributed by atoms with Gasteiger partial charge in [-0.05, 0) is 0 Å². The summed E-state index contributed by atoms with van der Waals surface area (Å²) < 4.78 is 0. The predicted molar refractivity (Wildman–Crippen MR) is 38.8 cm³/mol. The molecule has 0 spiro atoms. The van der Waals surface area contributed by atoms with Crippen molar-refractivity contribution in [1.29, 1.82) is 0 Å². The molecule has 0 saturated carbocycles. The Balaban J connectivity index is 0.000000490. The standard InChI is InChI=1S/C3H3ClN2S.ClH/c4-2-1-7-3(5)6-2;/h1H,(H2,5,6);1H. The Morgan fingerprint density at radius 3 is 2.50 bits per heavy atom. The monoisotopic (exact) mass is 170 g/mol. The topological polar surface area (TPSA) is 38.9 Å². The molecule has 0 aliphatic carbocycles. The van der Waals surface area contributed by atoms with Gasteiger partial charge in [-0.3, -0.25) is 0 Å². The van der Waals surface area contributed by atoms with Crippen LogP contribution in [0.5, 0.6) is 0 Å². The van der Waals surface area contributed by atoms with Gasteiger partial charge in [-0.2, -0.15) is 0 Å². The number of nitrogens with zero attached hydrogens (tertiary/aromatic N) is 1. The summed E-state index contributed by atoms with van der Waals surface area (Å²) in [6, 6.07) is 0. The molecule has 1 aromatic rings. The minimum atomic E-state index is 0. The summed E-state index contributed by atoms with van der Waals surface area (Å²) in [5.74, 6) is 0. The first kappa shape index (κ1) is 8.01. The Kier molecular flexibility index (Phi) is 3.12. The molecule has 0 fully saturated rings. The number of nitrogens with two attached hydrogens (primary N) is 1. The van der Waals surface area contributed by atoms with Crippen molar-refractivity contribution in [2.45, 2.75) is 0 Å². The fourth-order valence-corrected chi connectivity index (χ4v) is 0.964. The summed E-state index contributed by atoms with van der Waals surface area (Å²) >= 11 is 6.72. The Labute approximate surface area is 62.1 Å². The minimum absolute atomic E-state index is 0. The lowest BCUT2D eigenvalue weighted by Crippen LogP contribution is -1.78. The zero-order valence-electron chi connectivity index (χ0n) is 3.80. The molecule has 1 aromatic heterocycles. The highest BCUT2D eigenvalue weighted by atomic mass is 35.5. The van der Waals surface area contributed by atoms with E-state index in [1.807, 2.05) is 0 Å². The molecule has 8 heavy (non-hydrogen) atoms. The fraction of sp³-hybridized carbons (Fsp3) is 0. The molecule has 0 amide bonds. The summed E-state index contributed by atoms with van der Waals surface area (Å²) in [6.07, 6.45) is 0. The third-order valence-corrected chi connectivity index (χ3v) is 1.49. The minimum Gasteiger partial charge on any atom is -0.375 e. The maximum absolute atomic E-state index is 5.38. The van der Waals surface area contributed by atoms with Gasteiger partial charge in [0.1, 0.15) is 5.15 Å². The van der Waals surface area contributed by atoms with Crippen LogP contribution < -0.4 is 5.73 Å². The highest BCUT2D eigenvalue weighted by Crippen LogP contribution is 2.14. The van der Waals surface area contributed by atoms with Crippen molar-refractivity contribution >= 4 is 40.5 Å². The Morgan fingerprint density at radius 2 is 2.38 bits per heavy atom. The van der Waals surface area contributed by atoms with E-state index >= 15 is 0 Å². The summed E-state index contributed by atoms with van der Waals surface area (Å²) in [7, 11) is 0. The van der Waals surface area contributed by atoms with Crippen LogP contribution in [0.3, 0.4) is 0 Å². The second-order valence-corrected chi connectivity index (χ2v) is 2.29. The van der Waals surface area contributed by atoms with Crippen LogP contribution >= 0.6 is 35.3 Å². The maximum atomic E-state index is 5.38.